The highest BCUT2D eigenvalue weighted by Crippen LogP contribution is 2.18. The maximum atomic E-state index is 12.6. The summed E-state index contributed by atoms with van der Waals surface area (Å²) in [6.07, 6.45) is 6.97. The molecule has 0 saturated carbocycles. The van der Waals surface area contributed by atoms with Gasteiger partial charge in [0.25, 0.3) is 11.8 Å². The fourth-order valence-electron chi connectivity index (χ4n) is 3.26. The topological polar surface area (TPSA) is 92.2 Å². The minimum absolute atomic E-state index is 0.118. The minimum atomic E-state index is -0.329. The van der Waals surface area contributed by atoms with Crippen molar-refractivity contribution < 1.29 is 9.59 Å². The zero-order valence-corrected chi connectivity index (χ0v) is 16.4. The van der Waals surface area contributed by atoms with E-state index in [-0.39, 0.29) is 23.6 Å². The molecule has 0 bridgehead atoms. The number of amides is 2. The Morgan fingerprint density at radius 3 is 2.45 bits per heavy atom. The zero-order valence-electron chi connectivity index (χ0n) is 16.4. The highest BCUT2D eigenvalue weighted by Gasteiger charge is 2.19. The molecule has 0 spiro atoms. The van der Waals surface area contributed by atoms with E-state index in [1.54, 1.807) is 52.2 Å². The molecule has 1 aromatic carbocycles. The molecule has 1 aliphatic heterocycles. The van der Waals surface area contributed by atoms with Gasteiger partial charge in [-0.05, 0) is 50.2 Å². The molecule has 2 aromatic rings. The van der Waals surface area contributed by atoms with Gasteiger partial charge < -0.3 is 15.5 Å². The average molecular weight is 394 g/mol. The number of hydrogen-bond donors (Lipinski definition) is 2. The lowest BCUT2D eigenvalue weighted by molar-refractivity contribution is 0.0790. The first kappa shape index (κ1) is 20.5. The molecule has 0 unspecified atom stereocenters. The summed E-state index contributed by atoms with van der Waals surface area (Å²) in [6.45, 7) is 10.1. The first-order valence-corrected chi connectivity index (χ1v) is 9.67. The summed E-state index contributed by atoms with van der Waals surface area (Å²) in [5.41, 5.74) is 1.39. The Hall–Kier alpha value is -3.26. The van der Waals surface area contributed by atoms with E-state index in [0.29, 0.717) is 24.3 Å². The third-order valence-electron chi connectivity index (χ3n) is 4.80. The molecular formula is C21H26N6O2. The van der Waals surface area contributed by atoms with Crippen molar-refractivity contribution in [2.45, 2.75) is 18.9 Å². The summed E-state index contributed by atoms with van der Waals surface area (Å²) >= 11 is 0. The van der Waals surface area contributed by atoms with Crippen molar-refractivity contribution in [3.05, 3.63) is 67.0 Å². The van der Waals surface area contributed by atoms with Gasteiger partial charge in [0.05, 0.1) is 12.2 Å². The number of piperidine rings is 1. The Balaban J connectivity index is 1.62. The second kappa shape index (κ2) is 9.79. The third-order valence-corrected chi connectivity index (χ3v) is 4.80. The van der Waals surface area contributed by atoms with Crippen molar-refractivity contribution in [1.82, 2.24) is 25.2 Å². The first-order chi connectivity index (χ1) is 14.1. The van der Waals surface area contributed by atoms with Crippen molar-refractivity contribution in [2.75, 3.05) is 31.5 Å². The van der Waals surface area contributed by atoms with Crippen LogP contribution in [0.2, 0.25) is 0 Å². The van der Waals surface area contributed by atoms with Crippen LogP contribution in [-0.2, 0) is 0 Å². The third kappa shape index (κ3) is 5.17. The van der Waals surface area contributed by atoms with Crippen LogP contribution in [0.25, 0.3) is 0 Å². The van der Waals surface area contributed by atoms with Gasteiger partial charge in [0.2, 0.25) is 0 Å². The van der Waals surface area contributed by atoms with E-state index in [4.69, 9.17) is 0 Å². The summed E-state index contributed by atoms with van der Waals surface area (Å²) < 4.78 is 1.77. The Labute approximate surface area is 170 Å². The first-order valence-electron chi connectivity index (χ1n) is 9.67. The quantitative estimate of drug-likeness (QED) is 0.670. The van der Waals surface area contributed by atoms with Crippen molar-refractivity contribution in [1.29, 1.82) is 0 Å². The van der Waals surface area contributed by atoms with E-state index in [1.165, 1.54) is 0 Å². The van der Waals surface area contributed by atoms with E-state index in [2.05, 4.69) is 34.1 Å². The SMILES string of the molecule is C=CCN(CC=C)C(=O)c1ccc(NC(=O)c2cn(C3CCNCC3)nn2)cc1. The number of benzene rings is 1. The molecule has 0 atom stereocenters. The van der Waals surface area contributed by atoms with Crippen molar-refractivity contribution >= 4 is 17.5 Å². The summed E-state index contributed by atoms with van der Waals surface area (Å²) in [7, 11) is 0. The summed E-state index contributed by atoms with van der Waals surface area (Å²) in [5.74, 6) is -0.447. The predicted octanol–water partition coefficient (Wildman–Crippen LogP) is 2.27. The number of anilines is 1. The van der Waals surface area contributed by atoms with Gasteiger partial charge in [-0.2, -0.15) is 0 Å². The van der Waals surface area contributed by atoms with Gasteiger partial charge in [-0.1, -0.05) is 17.4 Å². The number of aromatic nitrogens is 3. The van der Waals surface area contributed by atoms with Gasteiger partial charge in [0.1, 0.15) is 0 Å². The van der Waals surface area contributed by atoms with Crippen molar-refractivity contribution in [3.63, 3.8) is 0 Å². The summed E-state index contributed by atoms with van der Waals surface area (Å²) in [4.78, 5) is 26.7. The second-order valence-electron chi connectivity index (χ2n) is 6.88. The van der Waals surface area contributed by atoms with Crippen LogP contribution < -0.4 is 10.6 Å². The van der Waals surface area contributed by atoms with E-state index in [0.717, 1.165) is 25.9 Å². The Bertz CT molecular complexity index is 858. The molecule has 0 radical (unpaired) electrons. The van der Waals surface area contributed by atoms with Gasteiger partial charge in [0.15, 0.2) is 5.69 Å². The molecule has 2 heterocycles. The fourth-order valence-corrected chi connectivity index (χ4v) is 3.26. The number of nitrogens with zero attached hydrogens (tertiary/aromatic N) is 4. The predicted molar refractivity (Wildman–Crippen MR) is 112 cm³/mol. The van der Waals surface area contributed by atoms with Crippen molar-refractivity contribution in [3.8, 4) is 0 Å². The Kier molecular flexibility index (Phi) is 6.91. The van der Waals surface area contributed by atoms with Gasteiger partial charge in [-0.15, -0.1) is 18.3 Å². The Morgan fingerprint density at radius 1 is 1.17 bits per heavy atom. The lowest BCUT2D eigenvalue weighted by Gasteiger charge is -2.22. The monoisotopic (exact) mass is 394 g/mol. The smallest absolute Gasteiger partial charge is 0.277 e. The van der Waals surface area contributed by atoms with Crippen LogP contribution in [0.4, 0.5) is 5.69 Å². The minimum Gasteiger partial charge on any atom is -0.331 e. The molecule has 152 valence electrons. The molecule has 1 fully saturated rings. The van der Waals surface area contributed by atoms with E-state index in [9.17, 15) is 9.59 Å². The lowest BCUT2D eigenvalue weighted by atomic mass is 10.1. The fraction of sp³-hybridized carbons (Fsp3) is 0.333. The number of carbonyl (C=O) groups excluding carboxylic acids is 2. The van der Waals surface area contributed by atoms with E-state index >= 15 is 0 Å². The molecule has 1 aromatic heterocycles. The largest absolute Gasteiger partial charge is 0.331 e. The summed E-state index contributed by atoms with van der Waals surface area (Å²) in [5, 5.41) is 14.2. The normalized spacial score (nSPS) is 14.2. The molecular weight excluding hydrogens is 368 g/mol. The van der Waals surface area contributed by atoms with Crippen LogP contribution in [0.3, 0.4) is 0 Å². The molecule has 3 rings (SSSR count). The van der Waals surface area contributed by atoms with Crippen LogP contribution in [0, 0.1) is 0 Å². The van der Waals surface area contributed by atoms with Crippen LogP contribution in [0.1, 0.15) is 39.7 Å². The highest BCUT2D eigenvalue weighted by molar-refractivity contribution is 6.03. The molecule has 2 amide bonds. The molecule has 2 N–H and O–H groups in total. The molecule has 1 aliphatic rings. The van der Waals surface area contributed by atoms with Crippen LogP contribution in [-0.4, -0.2) is 57.9 Å². The highest BCUT2D eigenvalue weighted by atomic mass is 16.2. The van der Waals surface area contributed by atoms with E-state index < -0.39 is 0 Å². The van der Waals surface area contributed by atoms with Gasteiger partial charge in [-0.25, -0.2) is 4.68 Å². The van der Waals surface area contributed by atoms with Gasteiger partial charge >= 0.3 is 0 Å². The number of carbonyl (C=O) groups is 2. The molecule has 8 nitrogen and oxygen atoms in total. The maximum absolute atomic E-state index is 12.6. The number of hydrogen-bond acceptors (Lipinski definition) is 5. The molecule has 0 aliphatic carbocycles. The average Bonchev–Trinajstić information content (AvgIpc) is 3.25. The van der Waals surface area contributed by atoms with Crippen LogP contribution in [0.15, 0.2) is 55.8 Å². The standard InChI is InChI=1S/C21H26N6O2/c1-3-13-26(14-4-2)21(29)16-5-7-17(8-6-16)23-20(28)19-15-27(25-24-19)18-9-11-22-12-10-18/h3-8,15,18,22H,1-2,9-14H2,(H,23,28). The lowest BCUT2D eigenvalue weighted by Crippen LogP contribution is -2.31. The van der Waals surface area contributed by atoms with Gasteiger partial charge in [-0.3, -0.25) is 9.59 Å². The number of nitrogens with one attached hydrogen (secondary N) is 2. The molecule has 8 heteroatoms. The van der Waals surface area contributed by atoms with Crippen LogP contribution in [0.5, 0.6) is 0 Å². The van der Waals surface area contributed by atoms with Crippen molar-refractivity contribution in [2.24, 2.45) is 0 Å². The van der Waals surface area contributed by atoms with E-state index in [1.807, 2.05) is 0 Å². The summed E-state index contributed by atoms with van der Waals surface area (Å²) in [6, 6.07) is 7.03. The Morgan fingerprint density at radius 2 is 1.83 bits per heavy atom. The maximum Gasteiger partial charge on any atom is 0.277 e. The van der Waals surface area contributed by atoms with Crippen LogP contribution >= 0.6 is 0 Å². The molecule has 29 heavy (non-hydrogen) atoms. The second-order valence-corrected chi connectivity index (χ2v) is 6.88. The molecule has 1 saturated heterocycles. The van der Waals surface area contributed by atoms with Gasteiger partial charge in [0, 0.05) is 24.3 Å². The number of rotatable bonds is 8. The zero-order chi connectivity index (χ0) is 20.6.